The SMILES string of the molecule is CCCCc1c(-c2ccc(C(C)(C)C)cc2)c(C(N)=O)c(C)n1Cc1ccccc1OC. The molecule has 1 aromatic heterocycles. The fourth-order valence-electron chi connectivity index (χ4n) is 4.37. The van der Waals surface area contributed by atoms with Crippen LogP contribution in [0.2, 0.25) is 0 Å². The minimum absolute atomic E-state index is 0.0712. The molecular weight excluding hydrogens is 396 g/mol. The van der Waals surface area contributed by atoms with Gasteiger partial charge < -0.3 is 15.0 Å². The molecule has 0 saturated heterocycles. The highest BCUT2D eigenvalue weighted by Crippen LogP contribution is 2.36. The molecule has 1 amide bonds. The molecule has 0 aliphatic heterocycles. The molecule has 4 heteroatoms. The summed E-state index contributed by atoms with van der Waals surface area (Å²) in [6.45, 7) is 11.4. The van der Waals surface area contributed by atoms with E-state index in [1.54, 1.807) is 7.11 Å². The van der Waals surface area contributed by atoms with Crippen LogP contribution in [0.1, 0.15) is 73.4 Å². The maximum absolute atomic E-state index is 12.6. The minimum Gasteiger partial charge on any atom is -0.496 e. The highest BCUT2D eigenvalue weighted by atomic mass is 16.5. The van der Waals surface area contributed by atoms with Crippen LogP contribution >= 0.6 is 0 Å². The Morgan fingerprint density at radius 2 is 1.72 bits per heavy atom. The number of carbonyl (C=O) groups excluding carboxylic acids is 1. The molecule has 1 heterocycles. The van der Waals surface area contributed by atoms with Crippen LogP contribution in [0.5, 0.6) is 5.75 Å². The Hall–Kier alpha value is -3.01. The molecule has 4 nitrogen and oxygen atoms in total. The predicted octanol–water partition coefficient (Wildman–Crippen LogP) is 6.26. The normalized spacial score (nSPS) is 11.6. The molecule has 0 aliphatic carbocycles. The van der Waals surface area contributed by atoms with E-state index in [0.29, 0.717) is 12.1 Å². The number of primary amides is 1. The fraction of sp³-hybridized carbons (Fsp3) is 0.393. The zero-order chi connectivity index (χ0) is 23.5. The molecule has 2 N–H and O–H groups in total. The molecule has 3 aromatic rings. The first kappa shape index (κ1) is 23.6. The van der Waals surface area contributed by atoms with Crippen molar-refractivity contribution >= 4 is 5.91 Å². The average molecular weight is 433 g/mol. The van der Waals surface area contributed by atoms with Crippen molar-refractivity contribution in [3.8, 4) is 16.9 Å². The number of rotatable bonds is 8. The van der Waals surface area contributed by atoms with Crippen LogP contribution in [0.15, 0.2) is 48.5 Å². The molecular formula is C28H36N2O2. The highest BCUT2D eigenvalue weighted by Gasteiger charge is 2.25. The Labute approximate surface area is 192 Å². The number of benzene rings is 2. The van der Waals surface area contributed by atoms with Crippen LogP contribution in [-0.4, -0.2) is 17.6 Å². The van der Waals surface area contributed by atoms with Gasteiger partial charge in [0.2, 0.25) is 0 Å². The van der Waals surface area contributed by atoms with E-state index in [2.05, 4.69) is 62.6 Å². The van der Waals surface area contributed by atoms with Crippen LogP contribution in [0, 0.1) is 6.92 Å². The zero-order valence-electron chi connectivity index (χ0n) is 20.3. The first-order valence-electron chi connectivity index (χ1n) is 11.4. The van der Waals surface area contributed by atoms with E-state index in [9.17, 15) is 4.79 Å². The van der Waals surface area contributed by atoms with Gasteiger partial charge in [0.1, 0.15) is 5.75 Å². The molecule has 0 saturated carbocycles. The van der Waals surface area contributed by atoms with Crippen LogP contribution in [0.4, 0.5) is 0 Å². The van der Waals surface area contributed by atoms with Crippen LogP contribution in [-0.2, 0) is 18.4 Å². The van der Waals surface area contributed by atoms with Crippen LogP contribution in [0.3, 0.4) is 0 Å². The van der Waals surface area contributed by atoms with E-state index in [4.69, 9.17) is 10.5 Å². The number of ether oxygens (including phenoxy) is 1. The average Bonchev–Trinajstić information content (AvgIpc) is 3.03. The van der Waals surface area contributed by atoms with Crippen molar-refractivity contribution < 1.29 is 9.53 Å². The van der Waals surface area contributed by atoms with Gasteiger partial charge in [0.25, 0.3) is 5.91 Å². The van der Waals surface area contributed by atoms with Crippen LogP contribution < -0.4 is 10.5 Å². The van der Waals surface area contributed by atoms with E-state index in [0.717, 1.165) is 53.1 Å². The standard InChI is InChI=1S/C28H36N2O2/c1-7-8-12-23-26(20-14-16-22(17-15-20)28(3,4)5)25(27(29)31)19(2)30(23)18-21-11-9-10-13-24(21)32-6/h9-11,13-17H,7-8,12,18H2,1-6H3,(H2,29,31). The van der Waals surface area contributed by atoms with Gasteiger partial charge in [0.05, 0.1) is 19.2 Å². The largest absolute Gasteiger partial charge is 0.496 e. The van der Waals surface area contributed by atoms with Gasteiger partial charge in [-0.3, -0.25) is 4.79 Å². The minimum atomic E-state index is -0.381. The monoisotopic (exact) mass is 432 g/mol. The van der Waals surface area contributed by atoms with E-state index >= 15 is 0 Å². The second-order valence-corrected chi connectivity index (χ2v) is 9.48. The van der Waals surface area contributed by atoms with Gasteiger partial charge in [0.15, 0.2) is 0 Å². The quantitative estimate of drug-likeness (QED) is 0.457. The Morgan fingerprint density at radius 1 is 1.06 bits per heavy atom. The third kappa shape index (κ3) is 4.74. The second-order valence-electron chi connectivity index (χ2n) is 9.48. The lowest BCUT2D eigenvalue weighted by atomic mass is 9.86. The Balaban J connectivity index is 2.21. The highest BCUT2D eigenvalue weighted by molar-refractivity contribution is 6.02. The van der Waals surface area contributed by atoms with Gasteiger partial charge in [-0.05, 0) is 42.4 Å². The van der Waals surface area contributed by atoms with Gasteiger partial charge >= 0.3 is 0 Å². The van der Waals surface area contributed by atoms with E-state index in [1.165, 1.54) is 5.56 Å². The zero-order valence-corrected chi connectivity index (χ0v) is 20.3. The Bertz CT molecular complexity index is 1090. The van der Waals surface area contributed by atoms with Gasteiger partial charge in [-0.25, -0.2) is 0 Å². The summed E-state index contributed by atoms with van der Waals surface area (Å²) in [5.41, 5.74) is 13.1. The Kier molecular flexibility index (Phi) is 7.12. The number of hydrogen-bond acceptors (Lipinski definition) is 2. The predicted molar refractivity (Wildman–Crippen MR) is 133 cm³/mol. The van der Waals surface area contributed by atoms with Gasteiger partial charge in [0, 0.05) is 22.5 Å². The molecule has 0 fully saturated rings. The summed E-state index contributed by atoms with van der Waals surface area (Å²) in [5, 5.41) is 0. The summed E-state index contributed by atoms with van der Waals surface area (Å²) >= 11 is 0. The molecule has 0 radical (unpaired) electrons. The number of amides is 1. The number of hydrogen-bond donors (Lipinski definition) is 1. The van der Waals surface area contributed by atoms with Crippen molar-refractivity contribution in [1.29, 1.82) is 0 Å². The molecule has 0 spiro atoms. The molecule has 0 unspecified atom stereocenters. The lowest BCUT2D eigenvalue weighted by Gasteiger charge is -2.19. The maximum atomic E-state index is 12.6. The summed E-state index contributed by atoms with van der Waals surface area (Å²) in [6, 6.07) is 16.6. The number of carbonyl (C=O) groups is 1. The van der Waals surface area contributed by atoms with Crippen molar-refractivity contribution in [2.75, 3.05) is 7.11 Å². The van der Waals surface area contributed by atoms with Crippen molar-refractivity contribution in [3.05, 3.63) is 76.6 Å². The van der Waals surface area contributed by atoms with Crippen molar-refractivity contribution in [2.24, 2.45) is 5.73 Å². The molecule has 3 rings (SSSR count). The summed E-state index contributed by atoms with van der Waals surface area (Å²) < 4.78 is 7.84. The molecule has 0 aliphatic rings. The smallest absolute Gasteiger partial charge is 0.251 e. The van der Waals surface area contributed by atoms with Crippen molar-refractivity contribution in [1.82, 2.24) is 4.57 Å². The van der Waals surface area contributed by atoms with E-state index < -0.39 is 0 Å². The lowest BCUT2D eigenvalue weighted by molar-refractivity contribution is 0.1000. The van der Waals surface area contributed by atoms with E-state index in [-0.39, 0.29) is 11.3 Å². The molecule has 2 aromatic carbocycles. The number of nitrogens with two attached hydrogens (primary N) is 1. The lowest BCUT2D eigenvalue weighted by Crippen LogP contribution is -2.14. The number of aromatic nitrogens is 1. The number of unbranched alkanes of at least 4 members (excludes halogenated alkanes) is 1. The molecule has 170 valence electrons. The summed E-state index contributed by atoms with van der Waals surface area (Å²) in [6.07, 6.45) is 3.00. The summed E-state index contributed by atoms with van der Waals surface area (Å²) in [7, 11) is 1.69. The number of nitrogens with zero attached hydrogens (tertiary/aromatic N) is 1. The number of methoxy groups -OCH3 is 1. The topological polar surface area (TPSA) is 57.2 Å². The second kappa shape index (κ2) is 9.64. The van der Waals surface area contributed by atoms with Gasteiger partial charge in [-0.1, -0.05) is 76.6 Å². The summed E-state index contributed by atoms with van der Waals surface area (Å²) in [4.78, 5) is 12.6. The van der Waals surface area contributed by atoms with Crippen molar-refractivity contribution in [2.45, 2.75) is 65.8 Å². The molecule has 0 bridgehead atoms. The first-order chi connectivity index (χ1) is 15.2. The third-order valence-corrected chi connectivity index (χ3v) is 6.21. The van der Waals surface area contributed by atoms with Gasteiger partial charge in [-0.2, -0.15) is 0 Å². The third-order valence-electron chi connectivity index (χ3n) is 6.21. The first-order valence-corrected chi connectivity index (χ1v) is 11.4. The molecule has 32 heavy (non-hydrogen) atoms. The Morgan fingerprint density at radius 3 is 2.28 bits per heavy atom. The summed E-state index contributed by atoms with van der Waals surface area (Å²) in [5.74, 6) is 0.465. The fourth-order valence-corrected chi connectivity index (χ4v) is 4.37. The number of para-hydroxylation sites is 1. The van der Waals surface area contributed by atoms with Crippen LogP contribution in [0.25, 0.3) is 11.1 Å². The van der Waals surface area contributed by atoms with E-state index in [1.807, 2.05) is 25.1 Å². The van der Waals surface area contributed by atoms with Crippen molar-refractivity contribution in [3.63, 3.8) is 0 Å². The van der Waals surface area contributed by atoms with Gasteiger partial charge in [-0.15, -0.1) is 0 Å². The maximum Gasteiger partial charge on any atom is 0.251 e. The molecule has 0 atom stereocenters.